The number of ether oxygens (including phenoxy) is 1. The van der Waals surface area contributed by atoms with Crippen LogP contribution in [0.5, 0.6) is 5.75 Å². The number of halogens is 1. The Morgan fingerprint density at radius 3 is 2.67 bits per heavy atom. The molecule has 0 atom stereocenters. The summed E-state index contributed by atoms with van der Waals surface area (Å²) in [7, 11) is -2.93. The number of hydrogen-bond acceptors (Lipinski definition) is 4. The van der Waals surface area contributed by atoms with Crippen LogP contribution in [0.25, 0.3) is 0 Å². The van der Waals surface area contributed by atoms with Crippen molar-refractivity contribution in [3.8, 4) is 5.75 Å². The molecule has 4 nitrogen and oxygen atoms in total. The maximum absolute atomic E-state index is 11.4. The van der Waals surface area contributed by atoms with E-state index in [1.165, 1.54) is 0 Å². The van der Waals surface area contributed by atoms with Crippen LogP contribution in [0.4, 0.5) is 0 Å². The third-order valence-corrected chi connectivity index (χ3v) is 5.68. The number of benzene rings is 2. The van der Waals surface area contributed by atoms with Crippen molar-refractivity contribution in [3.63, 3.8) is 0 Å². The van der Waals surface area contributed by atoms with Crippen LogP contribution < -0.4 is 10.1 Å². The number of sulfone groups is 1. The Balaban J connectivity index is 1.84. The van der Waals surface area contributed by atoms with Gasteiger partial charge in [-0.05, 0) is 23.8 Å². The molecule has 0 aliphatic rings. The van der Waals surface area contributed by atoms with E-state index < -0.39 is 9.84 Å². The highest BCUT2D eigenvalue weighted by atomic mass is 35.5. The van der Waals surface area contributed by atoms with Gasteiger partial charge in [-0.25, -0.2) is 8.42 Å². The fraction of sp³-hybridized carbons (Fsp3) is 0.333. The highest BCUT2D eigenvalue weighted by molar-refractivity contribution is 7.91. The molecule has 0 fully saturated rings. The van der Waals surface area contributed by atoms with Crippen molar-refractivity contribution < 1.29 is 13.2 Å². The van der Waals surface area contributed by atoms with Crippen LogP contribution in [0.15, 0.2) is 48.5 Å². The van der Waals surface area contributed by atoms with Gasteiger partial charge in [-0.3, -0.25) is 0 Å². The van der Waals surface area contributed by atoms with E-state index in [1.807, 2.05) is 48.5 Å². The molecule has 0 aromatic heterocycles. The largest absolute Gasteiger partial charge is 0.489 e. The minimum absolute atomic E-state index is 0.159. The van der Waals surface area contributed by atoms with Gasteiger partial charge in [-0.15, -0.1) is 0 Å². The van der Waals surface area contributed by atoms with Crippen molar-refractivity contribution in [2.24, 2.45) is 0 Å². The first-order valence-electron chi connectivity index (χ1n) is 7.86. The molecule has 0 saturated heterocycles. The highest BCUT2D eigenvalue weighted by Crippen LogP contribution is 2.19. The van der Waals surface area contributed by atoms with E-state index in [4.69, 9.17) is 16.3 Å². The molecular weight excluding hydrogens is 346 g/mol. The van der Waals surface area contributed by atoms with E-state index in [1.54, 1.807) is 6.92 Å². The molecule has 24 heavy (non-hydrogen) atoms. The maximum Gasteiger partial charge on any atom is 0.151 e. The zero-order valence-electron chi connectivity index (χ0n) is 13.7. The molecule has 0 heterocycles. The maximum atomic E-state index is 11.4. The molecular formula is C18H22ClNO3S. The van der Waals surface area contributed by atoms with Gasteiger partial charge in [0.1, 0.15) is 12.4 Å². The Morgan fingerprint density at radius 2 is 1.92 bits per heavy atom. The zero-order chi connectivity index (χ0) is 17.4. The summed E-state index contributed by atoms with van der Waals surface area (Å²) in [6.45, 7) is 3.11. The summed E-state index contributed by atoms with van der Waals surface area (Å²) in [5.41, 5.74) is 1.98. The second-order valence-corrected chi connectivity index (χ2v) is 8.32. The molecule has 0 aliphatic carbocycles. The molecule has 0 radical (unpaired) electrons. The van der Waals surface area contributed by atoms with Crippen molar-refractivity contribution >= 4 is 21.4 Å². The summed E-state index contributed by atoms with van der Waals surface area (Å²) >= 11 is 6.12. The molecule has 0 aliphatic heterocycles. The summed E-state index contributed by atoms with van der Waals surface area (Å²) in [6, 6.07) is 15.3. The quantitative estimate of drug-likeness (QED) is 0.690. The van der Waals surface area contributed by atoms with E-state index in [9.17, 15) is 8.42 Å². The van der Waals surface area contributed by atoms with Gasteiger partial charge in [0.2, 0.25) is 0 Å². The number of rotatable bonds is 9. The number of hydrogen-bond donors (Lipinski definition) is 1. The van der Waals surface area contributed by atoms with Gasteiger partial charge >= 0.3 is 0 Å². The van der Waals surface area contributed by atoms with E-state index >= 15 is 0 Å². The summed E-state index contributed by atoms with van der Waals surface area (Å²) in [5, 5.41) is 3.83. The van der Waals surface area contributed by atoms with Gasteiger partial charge in [0.15, 0.2) is 9.84 Å². The average molecular weight is 368 g/mol. The topological polar surface area (TPSA) is 55.4 Å². The average Bonchev–Trinajstić information content (AvgIpc) is 2.58. The van der Waals surface area contributed by atoms with Crippen molar-refractivity contribution in [3.05, 3.63) is 64.7 Å². The van der Waals surface area contributed by atoms with Crippen LogP contribution in [-0.4, -0.2) is 26.5 Å². The molecule has 2 aromatic rings. The molecule has 1 N–H and O–H groups in total. The van der Waals surface area contributed by atoms with Crippen LogP contribution in [0.3, 0.4) is 0 Å². The highest BCUT2D eigenvalue weighted by Gasteiger charge is 2.06. The third kappa shape index (κ3) is 6.15. The van der Waals surface area contributed by atoms with Crippen molar-refractivity contribution in [1.82, 2.24) is 5.32 Å². The second-order valence-electron chi connectivity index (χ2n) is 5.44. The Kier molecular flexibility index (Phi) is 7.09. The van der Waals surface area contributed by atoms with Crippen LogP contribution in [0.1, 0.15) is 18.1 Å². The fourth-order valence-corrected chi connectivity index (χ4v) is 3.06. The zero-order valence-corrected chi connectivity index (χ0v) is 15.2. The Morgan fingerprint density at radius 1 is 1.12 bits per heavy atom. The van der Waals surface area contributed by atoms with Gasteiger partial charge in [0.25, 0.3) is 0 Å². The monoisotopic (exact) mass is 367 g/mol. The molecule has 0 amide bonds. The predicted octanol–water partition coefficient (Wildman–Crippen LogP) is 3.44. The molecule has 2 rings (SSSR count). The molecule has 0 unspecified atom stereocenters. The Hall–Kier alpha value is -1.56. The summed E-state index contributed by atoms with van der Waals surface area (Å²) in [4.78, 5) is 0. The van der Waals surface area contributed by atoms with Crippen LogP contribution in [0, 0.1) is 0 Å². The third-order valence-electron chi connectivity index (χ3n) is 3.61. The summed E-state index contributed by atoms with van der Waals surface area (Å²) in [6.07, 6.45) is 0. The molecule has 130 valence electrons. The lowest BCUT2D eigenvalue weighted by Crippen LogP contribution is -2.23. The standard InChI is InChI=1S/C18H22ClNO3S/c1-2-24(21,22)11-10-20-13-15-6-5-8-17(12-15)23-14-16-7-3-4-9-18(16)19/h3-9,12,20H,2,10-11,13-14H2,1H3. The molecule has 6 heteroatoms. The first-order valence-corrected chi connectivity index (χ1v) is 10.1. The van der Waals surface area contributed by atoms with Crippen LogP contribution in [-0.2, 0) is 23.0 Å². The Bertz CT molecular complexity index is 762. The van der Waals surface area contributed by atoms with Crippen molar-refractivity contribution in [2.45, 2.75) is 20.1 Å². The van der Waals surface area contributed by atoms with Gasteiger partial charge in [-0.1, -0.05) is 48.9 Å². The lowest BCUT2D eigenvalue weighted by molar-refractivity contribution is 0.306. The van der Waals surface area contributed by atoms with Gasteiger partial charge < -0.3 is 10.1 Å². The van der Waals surface area contributed by atoms with E-state index in [2.05, 4.69) is 5.32 Å². The van der Waals surface area contributed by atoms with E-state index in [0.717, 1.165) is 16.9 Å². The SMILES string of the molecule is CCS(=O)(=O)CCNCc1cccc(OCc2ccccc2Cl)c1. The smallest absolute Gasteiger partial charge is 0.151 e. The summed E-state index contributed by atoms with van der Waals surface area (Å²) in [5.74, 6) is 1.10. The predicted molar refractivity (Wildman–Crippen MR) is 98.3 cm³/mol. The van der Waals surface area contributed by atoms with Gasteiger partial charge in [0, 0.05) is 29.4 Å². The molecule has 0 saturated carbocycles. The lowest BCUT2D eigenvalue weighted by atomic mass is 10.2. The number of nitrogens with one attached hydrogen (secondary N) is 1. The van der Waals surface area contributed by atoms with Gasteiger partial charge in [-0.2, -0.15) is 0 Å². The summed E-state index contributed by atoms with van der Waals surface area (Å²) < 4.78 is 28.7. The molecule has 0 bridgehead atoms. The van der Waals surface area contributed by atoms with Crippen molar-refractivity contribution in [2.75, 3.05) is 18.1 Å². The van der Waals surface area contributed by atoms with Crippen molar-refractivity contribution in [1.29, 1.82) is 0 Å². The first kappa shape index (κ1) is 18.8. The van der Waals surface area contributed by atoms with E-state index in [-0.39, 0.29) is 11.5 Å². The van der Waals surface area contributed by atoms with Crippen LogP contribution in [0.2, 0.25) is 5.02 Å². The normalized spacial score (nSPS) is 11.4. The minimum Gasteiger partial charge on any atom is -0.489 e. The molecule has 2 aromatic carbocycles. The second kappa shape index (κ2) is 9.06. The van der Waals surface area contributed by atoms with E-state index in [0.29, 0.717) is 24.7 Å². The van der Waals surface area contributed by atoms with Crippen LogP contribution >= 0.6 is 11.6 Å². The molecule has 0 spiro atoms. The minimum atomic E-state index is -2.93. The fourth-order valence-electron chi connectivity index (χ4n) is 2.13. The van der Waals surface area contributed by atoms with Gasteiger partial charge in [0.05, 0.1) is 5.75 Å². The Labute approximate surface area is 148 Å². The lowest BCUT2D eigenvalue weighted by Gasteiger charge is -2.10. The first-order chi connectivity index (χ1) is 11.5.